The van der Waals surface area contributed by atoms with E-state index in [0.29, 0.717) is 29.7 Å². The molecule has 0 unspecified atom stereocenters. The number of aryl methyl sites for hydroxylation is 1. The second-order valence-electron chi connectivity index (χ2n) is 8.78. The Hall–Kier alpha value is -4.14. The van der Waals surface area contributed by atoms with Crippen molar-refractivity contribution in [3.8, 4) is 23.1 Å². The summed E-state index contributed by atoms with van der Waals surface area (Å²) in [7, 11) is 0. The van der Waals surface area contributed by atoms with Crippen LogP contribution >= 0.6 is 0 Å². The number of ether oxygens (including phenoxy) is 1. The molecule has 0 aliphatic carbocycles. The molecule has 1 N–H and O–H groups in total. The average Bonchev–Trinajstić information content (AvgIpc) is 3.27. The van der Waals surface area contributed by atoms with Crippen molar-refractivity contribution < 1.29 is 22.7 Å². The van der Waals surface area contributed by atoms with Gasteiger partial charge in [-0.15, -0.1) is 5.10 Å². The Kier molecular flexibility index (Phi) is 7.10. The monoisotopic (exact) mass is 494 g/mol. The van der Waals surface area contributed by atoms with Gasteiger partial charge in [-0.3, -0.25) is 4.79 Å². The Morgan fingerprint density at radius 2 is 1.72 bits per heavy atom. The molecule has 36 heavy (non-hydrogen) atoms. The van der Waals surface area contributed by atoms with Crippen molar-refractivity contribution in [2.75, 3.05) is 11.9 Å². The van der Waals surface area contributed by atoms with Gasteiger partial charge in [0.05, 0.1) is 17.9 Å². The van der Waals surface area contributed by atoms with Crippen molar-refractivity contribution in [3.63, 3.8) is 0 Å². The van der Waals surface area contributed by atoms with E-state index in [4.69, 9.17) is 4.74 Å². The first-order chi connectivity index (χ1) is 17.1. The molecule has 6 nitrogen and oxygen atoms in total. The fraction of sp³-hybridized carbons (Fsp3) is 0.222. The van der Waals surface area contributed by atoms with E-state index in [1.807, 2.05) is 45.0 Å². The highest BCUT2D eigenvalue weighted by Gasteiger charge is 2.30. The Balaban J connectivity index is 1.58. The minimum atomic E-state index is -4.53. The van der Waals surface area contributed by atoms with Crippen molar-refractivity contribution in [1.29, 1.82) is 0 Å². The van der Waals surface area contributed by atoms with Gasteiger partial charge in [0.1, 0.15) is 0 Å². The van der Waals surface area contributed by atoms with E-state index in [-0.39, 0.29) is 11.6 Å². The molecule has 0 aliphatic rings. The summed E-state index contributed by atoms with van der Waals surface area (Å²) in [5, 5.41) is 7.14. The number of aromatic nitrogens is 3. The van der Waals surface area contributed by atoms with Gasteiger partial charge < -0.3 is 10.1 Å². The van der Waals surface area contributed by atoms with Gasteiger partial charge in [-0.25, -0.2) is 4.68 Å². The summed E-state index contributed by atoms with van der Waals surface area (Å²) in [5.41, 5.74) is 2.11. The SMILES string of the molecule is Cc1ccc(-c2nc(OCC(C)C)nn2-c2ccc(NC(=O)c3cccc(C(F)(F)F)c3)cc2)cc1. The van der Waals surface area contributed by atoms with Gasteiger partial charge in [0.15, 0.2) is 5.82 Å². The molecule has 1 heterocycles. The molecule has 0 fully saturated rings. The molecule has 0 saturated heterocycles. The fourth-order valence-corrected chi connectivity index (χ4v) is 3.39. The van der Waals surface area contributed by atoms with Crippen LogP contribution in [0, 0.1) is 12.8 Å². The summed E-state index contributed by atoms with van der Waals surface area (Å²) in [4.78, 5) is 17.1. The van der Waals surface area contributed by atoms with Gasteiger partial charge in [0.2, 0.25) is 0 Å². The molecule has 0 aliphatic heterocycles. The molecular formula is C27H25F3N4O2. The van der Waals surface area contributed by atoms with Crippen molar-refractivity contribution in [1.82, 2.24) is 14.8 Å². The maximum Gasteiger partial charge on any atom is 0.416 e. The van der Waals surface area contributed by atoms with Crippen molar-refractivity contribution in [2.24, 2.45) is 5.92 Å². The third-order valence-electron chi connectivity index (χ3n) is 5.27. The first-order valence-electron chi connectivity index (χ1n) is 11.4. The third kappa shape index (κ3) is 5.91. The second kappa shape index (κ2) is 10.2. The number of hydrogen-bond donors (Lipinski definition) is 1. The number of carbonyl (C=O) groups excluding carboxylic acids is 1. The lowest BCUT2D eigenvalue weighted by Crippen LogP contribution is -2.14. The Labute approximate surface area is 206 Å². The number of halogens is 3. The van der Waals surface area contributed by atoms with E-state index in [1.54, 1.807) is 28.9 Å². The zero-order valence-electron chi connectivity index (χ0n) is 20.0. The average molecular weight is 495 g/mol. The highest BCUT2D eigenvalue weighted by atomic mass is 19.4. The predicted molar refractivity (Wildman–Crippen MR) is 131 cm³/mol. The van der Waals surface area contributed by atoms with Crippen LogP contribution in [0.5, 0.6) is 6.01 Å². The molecular weight excluding hydrogens is 469 g/mol. The van der Waals surface area contributed by atoms with Gasteiger partial charge in [-0.2, -0.15) is 18.2 Å². The van der Waals surface area contributed by atoms with E-state index < -0.39 is 17.6 Å². The summed E-state index contributed by atoms with van der Waals surface area (Å²) < 4.78 is 46.3. The number of benzene rings is 3. The third-order valence-corrected chi connectivity index (χ3v) is 5.27. The normalized spacial score (nSPS) is 11.5. The lowest BCUT2D eigenvalue weighted by atomic mass is 10.1. The van der Waals surface area contributed by atoms with Crippen LogP contribution < -0.4 is 10.1 Å². The predicted octanol–water partition coefficient (Wildman–Crippen LogP) is 6.55. The zero-order chi connectivity index (χ0) is 25.9. The van der Waals surface area contributed by atoms with Crippen LogP contribution in [-0.4, -0.2) is 27.3 Å². The highest BCUT2D eigenvalue weighted by Crippen LogP contribution is 2.30. The number of carbonyl (C=O) groups is 1. The summed E-state index contributed by atoms with van der Waals surface area (Å²) in [6.45, 7) is 6.53. The minimum Gasteiger partial charge on any atom is -0.462 e. The lowest BCUT2D eigenvalue weighted by molar-refractivity contribution is -0.137. The van der Waals surface area contributed by atoms with Gasteiger partial charge in [0.25, 0.3) is 5.91 Å². The molecule has 0 saturated carbocycles. The summed E-state index contributed by atoms with van der Waals surface area (Å²) in [6, 6.07) is 19.2. The molecule has 9 heteroatoms. The van der Waals surface area contributed by atoms with Crippen LogP contribution in [0.15, 0.2) is 72.8 Å². The summed E-state index contributed by atoms with van der Waals surface area (Å²) >= 11 is 0. The number of rotatable bonds is 7. The van der Waals surface area contributed by atoms with Crippen LogP contribution in [-0.2, 0) is 6.18 Å². The molecule has 1 aromatic heterocycles. The van der Waals surface area contributed by atoms with E-state index in [0.717, 1.165) is 23.3 Å². The fourth-order valence-electron chi connectivity index (χ4n) is 3.39. The molecule has 0 atom stereocenters. The van der Waals surface area contributed by atoms with Crippen molar-refractivity contribution in [2.45, 2.75) is 26.9 Å². The zero-order valence-corrected chi connectivity index (χ0v) is 20.0. The van der Waals surface area contributed by atoms with Crippen LogP contribution in [0.2, 0.25) is 0 Å². The van der Waals surface area contributed by atoms with E-state index in [1.165, 1.54) is 12.1 Å². The quantitative estimate of drug-likeness (QED) is 0.316. The second-order valence-corrected chi connectivity index (χ2v) is 8.78. The number of hydrogen-bond acceptors (Lipinski definition) is 4. The van der Waals surface area contributed by atoms with E-state index in [9.17, 15) is 18.0 Å². The number of anilines is 1. The van der Waals surface area contributed by atoms with Crippen molar-refractivity contribution in [3.05, 3.63) is 89.5 Å². The number of amides is 1. The van der Waals surface area contributed by atoms with Crippen LogP contribution in [0.3, 0.4) is 0 Å². The molecule has 0 radical (unpaired) electrons. The van der Waals surface area contributed by atoms with Gasteiger partial charge in [-0.05, 0) is 55.3 Å². The smallest absolute Gasteiger partial charge is 0.416 e. The minimum absolute atomic E-state index is 0.0845. The first kappa shape index (κ1) is 25.0. The highest BCUT2D eigenvalue weighted by molar-refractivity contribution is 6.04. The standard InChI is InChI=1S/C27H25F3N4O2/c1-17(2)16-36-26-32-24(19-9-7-18(3)8-10-19)34(33-26)23-13-11-22(12-14-23)31-25(35)20-5-4-6-21(15-20)27(28,29)30/h4-15,17H,16H2,1-3H3,(H,31,35). The molecule has 0 bridgehead atoms. The van der Waals surface area contributed by atoms with Crippen molar-refractivity contribution >= 4 is 11.6 Å². The largest absolute Gasteiger partial charge is 0.462 e. The van der Waals surface area contributed by atoms with Crippen LogP contribution in [0.1, 0.15) is 35.3 Å². The number of alkyl halides is 3. The molecule has 186 valence electrons. The van der Waals surface area contributed by atoms with Gasteiger partial charge in [-0.1, -0.05) is 49.7 Å². The number of nitrogens with zero attached hydrogens (tertiary/aromatic N) is 3. The Bertz CT molecular complexity index is 1340. The summed E-state index contributed by atoms with van der Waals surface area (Å²) in [6.07, 6.45) is -4.53. The van der Waals surface area contributed by atoms with Gasteiger partial charge in [0, 0.05) is 16.8 Å². The maximum atomic E-state index is 13.0. The maximum absolute atomic E-state index is 13.0. The summed E-state index contributed by atoms with van der Waals surface area (Å²) in [5.74, 6) is 0.258. The van der Waals surface area contributed by atoms with Crippen LogP contribution in [0.4, 0.5) is 18.9 Å². The number of nitrogens with one attached hydrogen (secondary N) is 1. The molecule has 1 amide bonds. The lowest BCUT2D eigenvalue weighted by Gasteiger charge is -2.10. The Morgan fingerprint density at radius 3 is 2.36 bits per heavy atom. The first-order valence-corrected chi connectivity index (χ1v) is 11.4. The van der Waals surface area contributed by atoms with Gasteiger partial charge >= 0.3 is 12.2 Å². The molecule has 4 rings (SSSR count). The van der Waals surface area contributed by atoms with E-state index in [2.05, 4.69) is 15.4 Å². The topological polar surface area (TPSA) is 69.0 Å². The molecule has 4 aromatic rings. The Morgan fingerprint density at radius 1 is 1.03 bits per heavy atom. The molecule has 0 spiro atoms. The van der Waals surface area contributed by atoms with E-state index >= 15 is 0 Å². The van der Waals surface area contributed by atoms with Crippen LogP contribution in [0.25, 0.3) is 17.1 Å². The molecule has 3 aromatic carbocycles.